The monoisotopic (exact) mass is 368 g/mol. The van der Waals surface area contributed by atoms with Crippen molar-refractivity contribution in [2.45, 2.75) is 26.3 Å². The molecule has 2 aromatic heterocycles. The van der Waals surface area contributed by atoms with Crippen molar-refractivity contribution >= 4 is 28.1 Å². The minimum Gasteiger partial charge on any atom is -0.353 e. The van der Waals surface area contributed by atoms with E-state index in [0.717, 1.165) is 16.2 Å². The SMILES string of the molecule is CC[C@@H]1C(=O)NCCN1C(=O)c1csc2nc(-c3ccc(C)cc3)cn12. The first-order valence-electron chi connectivity index (χ1n) is 8.71. The highest BCUT2D eigenvalue weighted by atomic mass is 32.1. The second kappa shape index (κ2) is 6.57. The zero-order chi connectivity index (χ0) is 18.3. The summed E-state index contributed by atoms with van der Waals surface area (Å²) in [5.74, 6) is -0.199. The van der Waals surface area contributed by atoms with Gasteiger partial charge in [-0.3, -0.25) is 14.0 Å². The molecule has 0 radical (unpaired) electrons. The number of imidazole rings is 1. The average molecular weight is 368 g/mol. The fourth-order valence-corrected chi connectivity index (χ4v) is 4.16. The molecule has 3 aromatic rings. The van der Waals surface area contributed by atoms with Gasteiger partial charge in [-0.1, -0.05) is 36.8 Å². The highest BCUT2D eigenvalue weighted by molar-refractivity contribution is 7.15. The number of hydrogen-bond acceptors (Lipinski definition) is 4. The molecule has 1 saturated heterocycles. The third-order valence-electron chi connectivity index (χ3n) is 4.75. The van der Waals surface area contributed by atoms with E-state index >= 15 is 0 Å². The van der Waals surface area contributed by atoms with Crippen LogP contribution in [0.3, 0.4) is 0 Å². The van der Waals surface area contributed by atoms with Crippen molar-refractivity contribution in [3.8, 4) is 11.3 Å². The lowest BCUT2D eigenvalue weighted by Crippen LogP contribution is -2.57. The largest absolute Gasteiger partial charge is 0.353 e. The van der Waals surface area contributed by atoms with E-state index < -0.39 is 6.04 Å². The third-order valence-corrected chi connectivity index (χ3v) is 5.59. The topological polar surface area (TPSA) is 66.7 Å². The van der Waals surface area contributed by atoms with Gasteiger partial charge in [0, 0.05) is 30.2 Å². The maximum Gasteiger partial charge on any atom is 0.272 e. The predicted molar refractivity (Wildman–Crippen MR) is 101 cm³/mol. The van der Waals surface area contributed by atoms with Gasteiger partial charge >= 0.3 is 0 Å². The molecule has 0 bridgehead atoms. The van der Waals surface area contributed by atoms with Crippen LogP contribution in [0.2, 0.25) is 0 Å². The molecule has 26 heavy (non-hydrogen) atoms. The molecule has 6 nitrogen and oxygen atoms in total. The van der Waals surface area contributed by atoms with Gasteiger partial charge in [-0.2, -0.15) is 0 Å². The van der Waals surface area contributed by atoms with E-state index in [4.69, 9.17) is 0 Å². The Morgan fingerprint density at radius 1 is 1.35 bits per heavy atom. The molecule has 0 unspecified atom stereocenters. The molecular formula is C19H20N4O2S. The summed E-state index contributed by atoms with van der Waals surface area (Å²) in [6, 6.07) is 7.75. The Morgan fingerprint density at radius 3 is 2.85 bits per heavy atom. The van der Waals surface area contributed by atoms with Gasteiger partial charge in [-0.15, -0.1) is 11.3 Å². The lowest BCUT2D eigenvalue weighted by atomic mass is 10.1. The number of nitrogens with one attached hydrogen (secondary N) is 1. The summed E-state index contributed by atoms with van der Waals surface area (Å²) < 4.78 is 1.83. The minimum absolute atomic E-state index is 0.0791. The second-order valence-corrected chi connectivity index (χ2v) is 7.32. The van der Waals surface area contributed by atoms with Crippen LogP contribution in [-0.2, 0) is 4.79 Å². The van der Waals surface area contributed by atoms with Crippen molar-refractivity contribution in [3.63, 3.8) is 0 Å². The minimum atomic E-state index is -0.411. The van der Waals surface area contributed by atoms with Gasteiger partial charge in [0.1, 0.15) is 11.7 Å². The van der Waals surface area contributed by atoms with Crippen LogP contribution in [-0.4, -0.2) is 45.2 Å². The molecule has 0 aliphatic carbocycles. The number of nitrogens with zero attached hydrogens (tertiary/aromatic N) is 3. The van der Waals surface area contributed by atoms with E-state index in [-0.39, 0.29) is 11.8 Å². The van der Waals surface area contributed by atoms with Gasteiger partial charge in [0.25, 0.3) is 5.91 Å². The number of fused-ring (bicyclic) bond motifs is 1. The van der Waals surface area contributed by atoms with Gasteiger partial charge in [0.15, 0.2) is 4.96 Å². The lowest BCUT2D eigenvalue weighted by molar-refractivity contribution is -0.127. The molecule has 1 aliphatic heterocycles. The van der Waals surface area contributed by atoms with Crippen molar-refractivity contribution in [3.05, 3.63) is 47.1 Å². The van der Waals surface area contributed by atoms with E-state index in [0.29, 0.717) is 25.2 Å². The number of amides is 2. The van der Waals surface area contributed by atoms with E-state index in [1.54, 1.807) is 4.90 Å². The normalized spacial score (nSPS) is 17.5. The molecule has 1 N–H and O–H groups in total. The molecule has 0 saturated carbocycles. The van der Waals surface area contributed by atoms with Crippen molar-refractivity contribution in [1.29, 1.82) is 0 Å². The quantitative estimate of drug-likeness (QED) is 0.773. The summed E-state index contributed by atoms with van der Waals surface area (Å²) in [5, 5.41) is 4.65. The van der Waals surface area contributed by atoms with E-state index in [2.05, 4.69) is 10.3 Å². The van der Waals surface area contributed by atoms with Crippen LogP contribution < -0.4 is 5.32 Å². The van der Waals surface area contributed by atoms with Crippen molar-refractivity contribution in [1.82, 2.24) is 19.6 Å². The predicted octanol–water partition coefficient (Wildman–Crippen LogP) is 2.72. The number of aryl methyl sites for hydroxylation is 1. The first-order valence-corrected chi connectivity index (χ1v) is 9.58. The molecule has 0 spiro atoms. The van der Waals surface area contributed by atoms with Crippen molar-refractivity contribution < 1.29 is 9.59 Å². The van der Waals surface area contributed by atoms with Gasteiger partial charge in [0.2, 0.25) is 5.91 Å². The molecule has 1 atom stereocenters. The number of hydrogen-bond donors (Lipinski definition) is 1. The molecule has 2 amide bonds. The smallest absolute Gasteiger partial charge is 0.272 e. The number of thiazole rings is 1. The second-order valence-electron chi connectivity index (χ2n) is 6.48. The Hall–Kier alpha value is -2.67. The lowest BCUT2D eigenvalue weighted by Gasteiger charge is -2.34. The van der Waals surface area contributed by atoms with Gasteiger partial charge in [0.05, 0.1) is 5.69 Å². The Kier molecular flexibility index (Phi) is 4.24. The molecule has 1 aliphatic rings. The van der Waals surface area contributed by atoms with E-state index in [1.807, 2.05) is 54.1 Å². The summed E-state index contributed by atoms with van der Waals surface area (Å²) in [4.78, 5) is 32.2. The molecule has 1 aromatic carbocycles. The maximum atomic E-state index is 13.1. The van der Waals surface area contributed by atoms with Crippen LogP contribution >= 0.6 is 11.3 Å². The summed E-state index contributed by atoms with van der Waals surface area (Å²) in [7, 11) is 0. The molecule has 3 heterocycles. The highest BCUT2D eigenvalue weighted by Gasteiger charge is 2.33. The number of piperazine rings is 1. The van der Waals surface area contributed by atoms with E-state index in [1.165, 1.54) is 16.9 Å². The molecule has 1 fully saturated rings. The standard InChI is InChI=1S/C19H20N4O2S/c1-3-15-17(24)20-8-9-22(15)18(25)16-11-26-19-21-14(10-23(16)19)13-6-4-12(2)5-7-13/h4-7,10-11,15H,3,8-9H2,1-2H3,(H,20,24)/t15-/m1/s1. The van der Waals surface area contributed by atoms with Crippen LogP contribution in [0.4, 0.5) is 0 Å². The fraction of sp³-hybridized carbons (Fsp3) is 0.316. The number of benzene rings is 1. The molecular weight excluding hydrogens is 348 g/mol. The Bertz CT molecular complexity index is 973. The maximum absolute atomic E-state index is 13.1. The highest BCUT2D eigenvalue weighted by Crippen LogP contribution is 2.25. The number of carbonyl (C=O) groups excluding carboxylic acids is 2. The van der Waals surface area contributed by atoms with Crippen LogP contribution in [0.25, 0.3) is 16.2 Å². The van der Waals surface area contributed by atoms with Gasteiger partial charge < -0.3 is 10.2 Å². The molecule has 134 valence electrons. The van der Waals surface area contributed by atoms with Crippen LogP contribution in [0, 0.1) is 6.92 Å². The van der Waals surface area contributed by atoms with E-state index in [9.17, 15) is 9.59 Å². The summed E-state index contributed by atoms with van der Waals surface area (Å²) in [6.07, 6.45) is 2.50. The zero-order valence-electron chi connectivity index (χ0n) is 14.7. The number of rotatable bonds is 3. The van der Waals surface area contributed by atoms with Gasteiger partial charge in [-0.25, -0.2) is 4.98 Å². The Balaban J connectivity index is 1.69. The Labute approximate surface area is 155 Å². The first kappa shape index (κ1) is 16.8. The summed E-state index contributed by atoms with van der Waals surface area (Å²) in [5.41, 5.74) is 3.62. The molecule has 4 rings (SSSR count). The molecule has 7 heteroatoms. The first-order chi connectivity index (χ1) is 12.6. The van der Waals surface area contributed by atoms with Gasteiger partial charge in [-0.05, 0) is 13.3 Å². The average Bonchev–Trinajstić information content (AvgIpc) is 3.22. The van der Waals surface area contributed by atoms with Crippen molar-refractivity contribution in [2.24, 2.45) is 0 Å². The summed E-state index contributed by atoms with van der Waals surface area (Å²) in [6.45, 7) is 4.99. The van der Waals surface area contributed by atoms with Crippen LogP contribution in [0.5, 0.6) is 0 Å². The number of carbonyl (C=O) groups is 2. The zero-order valence-corrected chi connectivity index (χ0v) is 15.5. The Morgan fingerprint density at radius 2 is 2.12 bits per heavy atom. The van der Waals surface area contributed by atoms with Crippen molar-refractivity contribution in [2.75, 3.05) is 13.1 Å². The number of aromatic nitrogens is 2. The third kappa shape index (κ3) is 2.78. The fourth-order valence-electron chi connectivity index (χ4n) is 3.31. The summed E-state index contributed by atoms with van der Waals surface area (Å²) >= 11 is 1.44. The van der Waals surface area contributed by atoms with Crippen LogP contribution in [0.15, 0.2) is 35.8 Å². The van der Waals surface area contributed by atoms with Crippen LogP contribution in [0.1, 0.15) is 29.4 Å².